The maximum absolute atomic E-state index is 13.1. The number of hydrogen-bond donors (Lipinski definition) is 1. The molecule has 4 nitrogen and oxygen atoms in total. The van der Waals surface area contributed by atoms with E-state index in [9.17, 15) is 9.18 Å². The Morgan fingerprint density at radius 2 is 1.95 bits per heavy atom. The lowest BCUT2D eigenvalue weighted by Crippen LogP contribution is -2.38. The van der Waals surface area contributed by atoms with Gasteiger partial charge in [0.2, 0.25) is 0 Å². The molecule has 0 amide bonds. The Bertz CT molecular complexity index is 458. The Morgan fingerprint density at radius 1 is 1.33 bits per heavy atom. The molecule has 1 heterocycles. The Labute approximate surface area is 125 Å². The van der Waals surface area contributed by atoms with Crippen molar-refractivity contribution in [3.8, 4) is 0 Å². The number of carbonyl (C=O) groups is 1. The van der Waals surface area contributed by atoms with Crippen molar-refractivity contribution in [2.75, 3.05) is 37.6 Å². The lowest BCUT2D eigenvalue weighted by Gasteiger charge is -2.28. The van der Waals surface area contributed by atoms with Gasteiger partial charge >= 0.3 is 5.97 Å². The quantitative estimate of drug-likeness (QED) is 0.839. The molecule has 0 radical (unpaired) electrons. The van der Waals surface area contributed by atoms with Crippen molar-refractivity contribution in [2.24, 2.45) is 5.92 Å². The minimum atomic E-state index is -0.803. The zero-order valence-corrected chi connectivity index (χ0v) is 12.5. The Balaban J connectivity index is 2.01. The highest BCUT2D eigenvalue weighted by Gasteiger charge is 2.18. The molecule has 0 aromatic heterocycles. The fourth-order valence-electron chi connectivity index (χ4n) is 2.65. The van der Waals surface area contributed by atoms with E-state index in [1.54, 1.807) is 19.1 Å². The van der Waals surface area contributed by atoms with Crippen molar-refractivity contribution in [1.29, 1.82) is 0 Å². The SMILES string of the molecule is CC(CN(CCN1CCCC1)c1ccc(F)cc1)C(=O)O. The van der Waals surface area contributed by atoms with Crippen LogP contribution in [0.2, 0.25) is 0 Å². The van der Waals surface area contributed by atoms with Crippen LogP contribution >= 0.6 is 0 Å². The number of hydrogen-bond acceptors (Lipinski definition) is 3. The van der Waals surface area contributed by atoms with Gasteiger partial charge in [0.15, 0.2) is 0 Å². The molecule has 1 saturated heterocycles. The number of benzene rings is 1. The van der Waals surface area contributed by atoms with Crippen LogP contribution in [0, 0.1) is 11.7 Å². The van der Waals surface area contributed by atoms with Gasteiger partial charge in [-0.1, -0.05) is 6.92 Å². The van der Waals surface area contributed by atoms with Crippen LogP contribution in [0.1, 0.15) is 19.8 Å². The van der Waals surface area contributed by atoms with E-state index in [1.165, 1.54) is 25.0 Å². The predicted octanol–water partition coefficient (Wildman–Crippen LogP) is 2.45. The molecule has 0 bridgehead atoms. The topological polar surface area (TPSA) is 43.8 Å². The summed E-state index contributed by atoms with van der Waals surface area (Å²) in [6.07, 6.45) is 2.48. The van der Waals surface area contributed by atoms with Crippen LogP contribution in [0.15, 0.2) is 24.3 Å². The molecule has 21 heavy (non-hydrogen) atoms. The molecule has 1 aromatic rings. The van der Waals surface area contributed by atoms with Gasteiger partial charge in [0.1, 0.15) is 5.82 Å². The molecular weight excluding hydrogens is 271 g/mol. The van der Waals surface area contributed by atoms with Gasteiger partial charge in [0, 0.05) is 25.3 Å². The van der Waals surface area contributed by atoms with Gasteiger partial charge in [-0.05, 0) is 50.2 Å². The summed E-state index contributed by atoms with van der Waals surface area (Å²) in [4.78, 5) is 15.5. The summed E-state index contributed by atoms with van der Waals surface area (Å²) in [7, 11) is 0. The first-order valence-electron chi connectivity index (χ1n) is 7.52. The molecule has 1 fully saturated rings. The molecule has 5 heteroatoms. The molecule has 1 N–H and O–H groups in total. The number of likely N-dealkylation sites (tertiary alicyclic amines) is 1. The molecule has 0 saturated carbocycles. The minimum Gasteiger partial charge on any atom is -0.481 e. The summed E-state index contributed by atoms with van der Waals surface area (Å²) >= 11 is 0. The zero-order valence-electron chi connectivity index (χ0n) is 12.5. The summed E-state index contributed by atoms with van der Waals surface area (Å²) < 4.78 is 13.1. The molecule has 1 atom stereocenters. The molecule has 1 aliphatic rings. The van der Waals surface area contributed by atoms with E-state index in [4.69, 9.17) is 5.11 Å². The molecule has 1 unspecified atom stereocenters. The van der Waals surface area contributed by atoms with E-state index in [-0.39, 0.29) is 5.82 Å². The Morgan fingerprint density at radius 3 is 2.52 bits per heavy atom. The van der Waals surface area contributed by atoms with Crippen LogP contribution in [0.4, 0.5) is 10.1 Å². The second-order valence-corrected chi connectivity index (χ2v) is 5.71. The zero-order chi connectivity index (χ0) is 15.2. The van der Waals surface area contributed by atoms with E-state index in [0.29, 0.717) is 6.54 Å². The van der Waals surface area contributed by atoms with E-state index < -0.39 is 11.9 Å². The normalized spacial score (nSPS) is 16.9. The number of nitrogens with zero attached hydrogens (tertiary/aromatic N) is 2. The first kappa shape index (κ1) is 15.8. The Hall–Kier alpha value is -1.62. The summed E-state index contributed by atoms with van der Waals surface area (Å²) in [6, 6.07) is 6.27. The van der Waals surface area contributed by atoms with Gasteiger partial charge < -0.3 is 14.9 Å². The largest absolute Gasteiger partial charge is 0.481 e. The van der Waals surface area contributed by atoms with Gasteiger partial charge in [-0.15, -0.1) is 0 Å². The number of halogens is 1. The van der Waals surface area contributed by atoms with Crippen molar-refractivity contribution >= 4 is 11.7 Å². The molecule has 1 aromatic carbocycles. The number of rotatable bonds is 7. The summed E-state index contributed by atoms with van der Waals surface area (Å²) in [6.45, 7) is 6.06. The first-order chi connectivity index (χ1) is 10.1. The number of carboxylic acid groups (broad SMARTS) is 1. The maximum Gasteiger partial charge on any atom is 0.308 e. The predicted molar refractivity (Wildman–Crippen MR) is 81.1 cm³/mol. The highest BCUT2D eigenvalue weighted by Crippen LogP contribution is 2.17. The highest BCUT2D eigenvalue weighted by atomic mass is 19.1. The highest BCUT2D eigenvalue weighted by molar-refractivity contribution is 5.70. The van der Waals surface area contributed by atoms with Crippen LogP contribution in [0.3, 0.4) is 0 Å². The second-order valence-electron chi connectivity index (χ2n) is 5.71. The second kappa shape index (κ2) is 7.41. The minimum absolute atomic E-state index is 0.274. The molecule has 116 valence electrons. The third kappa shape index (κ3) is 4.70. The number of anilines is 1. The maximum atomic E-state index is 13.1. The third-order valence-electron chi connectivity index (χ3n) is 3.99. The molecule has 0 aliphatic carbocycles. The Kier molecular flexibility index (Phi) is 5.56. The summed E-state index contributed by atoms with van der Waals surface area (Å²) in [5, 5.41) is 9.10. The van der Waals surface area contributed by atoms with E-state index in [2.05, 4.69) is 4.90 Å². The van der Waals surface area contributed by atoms with Gasteiger partial charge in [0.05, 0.1) is 5.92 Å². The van der Waals surface area contributed by atoms with E-state index in [0.717, 1.165) is 31.9 Å². The van der Waals surface area contributed by atoms with E-state index >= 15 is 0 Å². The average Bonchev–Trinajstić information content (AvgIpc) is 2.97. The van der Waals surface area contributed by atoms with Crippen LogP contribution in [-0.4, -0.2) is 48.7 Å². The fraction of sp³-hybridized carbons (Fsp3) is 0.562. The lowest BCUT2D eigenvalue weighted by molar-refractivity contribution is -0.140. The van der Waals surface area contributed by atoms with Crippen molar-refractivity contribution in [1.82, 2.24) is 4.90 Å². The summed E-state index contributed by atoms with van der Waals surface area (Å²) in [5.74, 6) is -1.53. The van der Waals surface area contributed by atoms with Crippen molar-refractivity contribution in [3.05, 3.63) is 30.1 Å². The van der Waals surface area contributed by atoms with Crippen molar-refractivity contribution in [3.63, 3.8) is 0 Å². The van der Waals surface area contributed by atoms with Crippen LogP contribution < -0.4 is 4.90 Å². The standard InChI is InChI=1S/C16H23FN2O2/c1-13(16(20)21)12-19(11-10-18-8-2-3-9-18)15-6-4-14(17)5-7-15/h4-7,13H,2-3,8-12H2,1H3,(H,20,21). The summed E-state index contributed by atoms with van der Waals surface area (Å²) in [5.41, 5.74) is 0.878. The van der Waals surface area contributed by atoms with Crippen LogP contribution in [0.5, 0.6) is 0 Å². The molecule has 0 spiro atoms. The first-order valence-corrected chi connectivity index (χ1v) is 7.52. The molecular formula is C16H23FN2O2. The van der Waals surface area contributed by atoms with Gasteiger partial charge in [0.25, 0.3) is 0 Å². The van der Waals surface area contributed by atoms with E-state index in [1.807, 2.05) is 4.90 Å². The third-order valence-corrected chi connectivity index (χ3v) is 3.99. The van der Waals surface area contributed by atoms with Gasteiger partial charge in [-0.3, -0.25) is 4.79 Å². The van der Waals surface area contributed by atoms with Crippen molar-refractivity contribution in [2.45, 2.75) is 19.8 Å². The van der Waals surface area contributed by atoms with Gasteiger partial charge in [-0.25, -0.2) is 4.39 Å². The molecule has 2 rings (SSSR count). The molecule has 1 aliphatic heterocycles. The lowest BCUT2D eigenvalue weighted by atomic mass is 10.1. The van der Waals surface area contributed by atoms with Gasteiger partial charge in [-0.2, -0.15) is 0 Å². The van der Waals surface area contributed by atoms with Crippen LogP contribution in [-0.2, 0) is 4.79 Å². The fourth-order valence-corrected chi connectivity index (χ4v) is 2.65. The number of aliphatic carboxylic acids is 1. The smallest absolute Gasteiger partial charge is 0.308 e. The number of carboxylic acids is 1. The van der Waals surface area contributed by atoms with Crippen LogP contribution in [0.25, 0.3) is 0 Å². The monoisotopic (exact) mass is 294 g/mol. The average molecular weight is 294 g/mol. The van der Waals surface area contributed by atoms with Crippen molar-refractivity contribution < 1.29 is 14.3 Å².